The summed E-state index contributed by atoms with van der Waals surface area (Å²) in [6.45, 7) is 16.6. The normalized spacial score (nSPS) is 17.1. The van der Waals surface area contributed by atoms with Crippen molar-refractivity contribution in [1.29, 1.82) is 0 Å². The number of aryl methyl sites for hydroxylation is 1. The van der Waals surface area contributed by atoms with Crippen molar-refractivity contribution >= 4 is 17.4 Å². The summed E-state index contributed by atoms with van der Waals surface area (Å²) in [6.07, 6.45) is 1.67. The summed E-state index contributed by atoms with van der Waals surface area (Å²) in [5.74, 6) is -0.149. The molecule has 1 fully saturated rings. The van der Waals surface area contributed by atoms with Crippen LogP contribution in [0, 0.1) is 6.92 Å². The third kappa shape index (κ3) is 6.41. The Hall–Kier alpha value is -3.58. The lowest BCUT2D eigenvalue weighted by Gasteiger charge is -2.28. The van der Waals surface area contributed by atoms with Crippen LogP contribution in [-0.2, 0) is 9.59 Å². The van der Waals surface area contributed by atoms with Crippen LogP contribution in [0.25, 0.3) is 5.76 Å². The van der Waals surface area contributed by atoms with E-state index < -0.39 is 17.7 Å². The van der Waals surface area contributed by atoms with Gasteiger partial charge in [-0.3, -0.25) is 9.59 Å². The van der Waals surface area contributed by atoms with Gasteiger partial charge < -0.3 is 24.4 Å². The molecule has 1 unspecified atom stereocenters. The zero-order valence-electron chi connectivity index (χ0n) is 22.5. The molecule has 7 nitrogen and oxygen atoms in total. The molecule has 1 amide bonds. The molecule has 0 spiro atoms. The van der Waals surface area contributed by atoms with E-state index >= 15 is 0 Å². The Morgan fingerprint density at radius 2 is 1.76 bits per heavy atom. The fourth-order valence-electron chi connectivity index (χ4n) is 4.54. The van der Waals surface area contributed by atoms with Crippen LogP contribution in [-0.4, -0.2) is 65.5 Å². The zero-order chi connectivity index (χ0) is 27.1. The number of ether oxygens (including phenoxy) is 2. The summed E-state index contributed by atoms with van der Waals surface area (Å²) in [5, 5.41) is 11.4. The van der Waals surface area contributed by atoms with Gasteiger partial charge in [0.15, 0.2) is 0 Å². The summed E-state index contributed by atoms with van der Waals surface area (Å²) in [5.41, 5.74) is 2.05. The van der Waals surface area contributed by atoms with Gasteiger partial charge in [-0.2, -0.15) is 0 Å². The summed E-state index contributed by atoms with van der Waals surface area (Å²) in [4.78, 5) is 30.4. The van der Waals surface area contributed by atoms with Crippen LogP contribution >= 0.6 is 0 Å². The van der Waals surface area contributed by atoms with Gasteiger partial charge in [0.05, 0.1) is 17.7 Å². The number of rotatable bonds is 12. The van der Waals surface area contributed by atoms with Crippen molar-refractivity contribution in [3.63, 3.8) is 0 Å². The maximum absolute atomic E-state index is 13.3. The predicted molar refractivity (Wildman–Crippen MR) is 146 cm³/mol. The molecule has 7 heteroatoms. The fraction of sp³-hybridized carbons (Fsp3) is 0.400. The summed E-state index contributed by atoms with van der Waals surface area (Å²) in [6, 6.07) is 11.9. The van der Waals surface area contributed by atoms with Crippen LogP contribution in [0.1, 0.15) is 50.4 Å². The second kappa shape index (κ2) is 12.6. The molecule has 1 heterocycles. The number of aliphatic hydroxyl groups excluding tert-OH is 1. The molecule has 1 atom stereocenters. The molecule has 2 aromatic carbocycles. The number of carbonyl (C=O) groups is 2. The van der Waals surface area contributed by atoms with Crippen molar-refractivity contribution in [3.8, 4) is 11.5 Å². The maximum Gasteiger partial charge on any atom is 0.295 e. The van der Waals surface area contributed by atoms with E-state index in [9.17, 15) is 14.7 Å². The minimum absolute atomic E-state index is 0.00779. The van der Waals surface area contributed by atoms with Gasteiger partial charge in [0.2, 0.25) is 0 Å². The molecule has 1 N–H and O–H groups in total. The number of likely N-dealkylation sites (N-methyl/N-ethyl adjacent to an activating group) is 1. The lowest BCUT2D eigenvalue weighted by atomic mass is 9.94. The van der Waals surface area contributed by atoms with Crippen LogP contribution in [0.4, 0.5) is 0 Å². The minimum Gasteiger partial charge on any atom is -0.507 e. The number of nitrogens with zero attached hydrogens (tertiary/aromatic N) is 2. The van der Waals surface area contributed by atoms with Gasteiger partial charge in [-0.05, 0) is 75.3 Å². The molecule has 3 rings (SSSR count). The number of likely N-dealkylation sites (tertiary alicyclic amines) is 1. The highest BCUT2D eigenvalue weighted by molar-refractivity contribution is 6.46. The van der Waals surface area contributed by atoms with Crippen molar-refractivity contribution < 1.29 is 24.2 Å². The van der Waals surface area contributed by atoms with Gasteiger partial charge in [-0.1, -0.05) is 38.6 Å². The van der Waals surface area contributed by atoms with Crippen molar-refractivity contribution in [2.75, 3.05) is 32.8 Å². The molecule has 0 bridgehead atoms. The number of carbonyl (C=O) groups excluding carboxylic acids is 2. The van der Waals surface area contributed by atoms with Crippen molar-refractivity contribution in [2.45, 2.75) is 46.8 Å². The molecule has 0 saturated carbocycles. The Labute approximate surface area is 220 Å². The van der Waals surface area contributed by atoms with Gasteiger partial charge in [0, 0.05) is 18.7 Å². The van der Waals surface area contributed by atoms with Gasteiger partial charge in [-0.15, -0.1) is 0 Å². The molecule has 0 aromatic heterocycles. The summed E-state index contributed by atoms with van der Waals surface area (Å²) >= 11 is 0. The molecule has 1 aliphatic rings. The Bertz CT molecular complexity index is 1150. The van der Waals surface area contributed by atoms with Crippen molar-refractivity contribution in [3.05, 3.63) is 77.4 Å². The van der Waals surface area contributed by atoms with Gasteiger partial charge in [0.25, 0.3) is 11.7 Å². The maximum atomic E-state index is 13.3. The van der Waals surface area contributed by atoms with Crippen LogP contribution in [0.2, 0.25) is 0 Å². The Balaban J connectivity index is 2.08. The molecule has 1 aliphatic heterocycles. The average Bonchev–Trinajstić information content (AvgIpc) is 3.12. The van der Waals surface area contributed by atoms with Crippen LogP contribution in [0.5, 0.6) is 11.5 Å². The van der Waals surface area contributed by atoms with Gasteiger partial charge in [0.1, 0.15) is 23.9 Å². The molecule has 0 aliphatic carbocycles. The van der Waals surface area contributed by atoms with Gasteiger partial charge in [-0.25, -0.2) is 0 Å². The molecule has 198 valence electrons. The largest absolute Gasteiger partial charge is 0.507 e. The number of Topliss-reactive ketones (excluding diaryl/α,β-unsaturated/α-hetero) is 1. The Morgan fingerprint density at radius 1 is 1.11 bits per heavy atom. The standard InChI is InChI=1S/C30H38N2O5/c1-7-18-36-23-12-10-22(11-13-23)27-26(29(34)30(35)32(27)17-16-31(8-2)9-3)28(33)25-15-14-24(19-21(25)6)37-20(4)5/h7,10-15,19-20,27,33H,1,8-9,16-18H2,2-6H3/b28-26+. The lowest BCUT2D eigenvalue weighted by Crippen LogP contribution is -2.38. The first kappa shape index (κ1) is 28.0. The van der Waals surface area contributed by atoms with E-state index in [1.807, 2.05) is 39.0 Å². The summed E-state index contributed by atoms with van der Waals surface area (Å²) < 4.78 is 11.4. The third-order valence-electron chi connectivity index (χ3n) is 6.48. The average molecular weight is 507 g/mol. The van der Waals surface area contributed by atoms with E-state index in [2.05, 4.69) is 25.3 Å². The molecular weight excluding hydrogens is 468 g/mol. The smallest absolute Gasteiger partial charge is 0.295 e. The fourth-order valence-corrected chi connectivity index (χ4v) is 4.54. The molecule has 0 radical (unpaired) electrons. The highest BCUT2D eigenvalue weighted by Crippen LogP contribution is 2.40. The second-order valence-electron chi connectivity index (χ2n) is 9.33. The number of amides is 1. The van der Waals surface area contributed by atoms with E-state index in [0.29, 0.717) is 36.8 Å². The molecule has 2 aromatic rings. The Kier molecular flexibility index (Phi) is 9.53. The summed E-state index contributed by atoms with van der Waals surface area (Å²) in [7, 11) is 0. The van der Waals surface area contributed by atoms with E-state index in [1.54, 1.807) is 35.2 Å². The number of benzene rings is 2. The monoisotopic (exact) mass is 506 g/mol. The first-order valence-electron chi connectivity index (χ1n) is 12.8. The third-order valence-corrected chi connectivity index (χ3v) is 6.48. The van der Waals surface area contributed by atoms with Gasteiger partial charge >= 0.3 is 0 Å². The van der Waals surface area contributed by atoms with Crippen molar-refractivity contribution in [2.24, 2.45) is 0 Å². The van der Waals surface area contributed by atoms with Crippen LogP contribution in [0.15, 0.2) is 60.7 Å². The first-order valence-corrected chi connectivity index (χ1v) is 12.8. The SMILES string of the molecule is C=CCOc1ccc(C2/C(=C(\O)c3ccc(OC(C)C)cc3C)C(=O)C(=O)N2CCN(CC)CC)cc1. The first-order chi connectivity index (χ1) is 17.7. The quantitative estimate of drug-likeness (QED) is 0.187. The van der Waals surface area contributed by atoms with Crippen LogP contribution < -0.4 is 9.47 Å². The zero-order valence-corrected chi connectivity index (χ0v) is 22.5. The minimum atomic E-state index is -0.713. The number of aliphatic hydroxyl groups is 1. The Morgan fingerprint density at radius 3 is 2.32 bits per heavy atom. The van der Waals surface area contributed by atoms with E-state index in [-0.39, 0.29) is 17.4 Å². The molecule has 1 saturated heterocycles. The molecule has 37 heavy (non-hydrogen) atoms. The predicted octanol–water partition coefficient (Wildman–Crippen LogP) is 5.11. The topological polar surface area (TPSA) is 79.3 Å². The number of ketones is 1. The van der Waals surface area contributed by atoms with E-state index in [0.717, 1.165) is 24.2 Å². The lowest BCUT2D eigenvalue weighted by molar-refractivity contribution is -0.140. The highest BCUT2D eigenvalue weighted by atomic mass is 16.5. The number of hydrogen-bond acceptors (Lipinski definition) is 6. The second-order valence-corrected chi connectivity index (χ2v) is 9.33. The van der Waals surface area contributed by atoms with E-state index in [4.69, 9.17) is 9.47 Å². The number of hydrogen-bond donors (Lipinski definition) is 1. The van der Waals surface area contributed by atoms with Crippen molar-refractivity contribution in [1.82, 2.24) is 9.80 Å². The van der Waals surface area contributed by atoms with E-state index in [1.165, 1.54) is 0 Å². The highest BCUT2D eigenvalue weighted by Gasteiger charge is 2.46. The molecular formula is C30H38N2O5. The van der Waals surface area contributed by atoms with Crippen LogP contribution in [0.3, 0.4) is 0 Å².